The Morgan fingerprint density at radius 3 is 2.44 bits per heavy atom. The van der Waals surface area contributed by atoms with Crippen LogP contribution in [0.15, 0.2) is 42.5 Å². The fourth-order valence-electron chi connectivity index (χ4n) is 3.77. The highest BCUT2D eigenvalue weighted by Gasteiger charge is 2.28. The van der Waals surface area contributed by atoms with Gasteiger partial charge in [0.05, 0.1) is 5.56 Å². The standard InChI is InChI=1S/C25H29ClFN3O4/c1-29(2)14-11-28-25(33)21-15-19(26)5-8-22(21)34-16-23(31)30-12-9-18(10-13-30)24(32)17-3-6-20(27)7-4-17/h3-8,15,18H,9-14,16H2,1-2H3,(H,28,33). The summed E-state index contributed by atoms with van der Waals surface area (Å²) in [7, 11) is 3.82. The molecule has 2 aromatic rings. The highest BCUT2D eigenvalue weighted by atomic mass is 35.5. The van der Waals surface area contributed by atoms with E-state index in [-0.39, 0.29) is 47.3 Å². The van der Waals surface area contributed by atoms with Crippen LogP contribution in [0.4, 0.5) is 4.39 Å². The summed E-state index contributed by atoms with van der Waals surface area (Å²) in [6.07, 6.45) is 1.06. The maximum atomic E-state index is 13.1. The summed E-state index contributed by atoms with van der Waals surface area (Å²) in [4.78, 5) is 41.5. The molecule has 182 valence electrons. The second-order valence-electron chi connectivity index (χ2n) is 8.51. The Labute approximate surface area is 203 Å². The Bertz CT molecular complexity index is 1020. The minimum atomic E-state index is -0.383. The van der Waals surface area contributed by atoms with Crippen LogP contribution in [-0.4, -0.2) is 74.3 Å². The number of hydrogen-bond donors (Lipinski definition) is 1. The molecule has 34 heavy (non-hydrogen) atoms. The molecule has 3 rings (SSSR count). The van der Waals surface area contributed by atoms with Crippen LogP contribution in [0.2, 0.25) is 5.02 Å². The number of likely N-dealkylation sites (N-methyl/N-ethyl adjacent to an activating group) is 1. The summed E-state index contributed by atoms with van der Waals surface area (Å²) in [6, 6.07) is 10.2. The summed E-state index contributed by atoms with van der Waals surface area (Å²) >= 11 is 6.06. The number of carbonyl (C=O) groups is 3. The summed E-state index contributed by atoms with van der Waals surface area (Å²) in [5.41, 5.74) is 0.747. The zero-order valence-corrected chi connectivity index (χ0v) is 20.1. The Morgan fingerprint density at radius 2 is 1.79 bits per heavy atom. The lowest BCUT2D eigenvalue weighted by Gasteiger charge is -2.31. The number of amides is 2. The number of likely N-dealkylation sites (tertiary alicyclic amines) is 1. The van der Waals surface area contributed by atoms with Gasteiger partial charge in [0, 0.05) is 42.7 Å². The lowest BCUT2D eigenvalue weighted by molar-refractivity contribution is -0.134. The highest BCUT2D eigenvalue weighted by molar-refractivity contribution is 6.31. The molecule has 0 bridgehead atoms. The number of carbonyl (C=O) groups excluding carboxylic acids is 3. The van der Waals surface area contributed by atoms with E-state index in [2.05, 4.69) is 5.32 Å². The molecular weight excluding hydrogens is 461 g/mol. The molecule has 1 fully saturated rings. The minimum absolute atomic E-state index is 0.0329. The summed E-state index contributed by atoms with van der Waals surface area (Å²) in [6.45, 7) is 1.77. The van der Waals surface area contributed by atoms with Crippen LogP contribution in [0, 0.1) is 11.7 Å². The fraction of sp³-hybridized carbons (Fsp3) is 0.400. The predicted molar refractivity (Wildman–Crippen MR) is 128 cm³/mol. The molecular formula is C25H29ClFN3O4. The molecule has 0 unspecified atom stereocenters. The van der Waals surface area contributed by atoms with Crippen molar-refractivity contribution in [1.29, 1.82) is 0 Å². The Hall–Kier alpha value is -2.97. The van der Waals surface area contributed by atoms with E-state index in [9.17, 15) is 18.8 Å². The fourth-order valence-corrected chi connectivity index (χ4v) is 3.94. The molecule has 0 radical (unpaired) electrons. The minimum Gasteiger partial charge on any atom is -0.483 e. The SMILES string of the molecule is CN(C)CCNC(=O)c1cc(Cl)ccc1OCC(=O)N1CCC(C(=O)c2ccc(F)cc2)CC1. The lowest BCUT2D eigenvalue weighted by Crippen LogP contribution is -2.42. The van der Waals surface area contributed by atoms with Gasteiger partial charge in [0.2, 0.25) is 0 Å². The van der Waals surface area contributed by atoms with E-state index in [4.69, 9.17) is 16.3 Å². The maximum Gasteiger partial charge on any atom is 0.260 e. The van der Waals surface area contributed by atoms with E-state index in [1.807, 2.05) is 19.0 Å². The van der Waals surface area contributed by atoms with E-state index in [0.717, 1.165) is 0 Å². The maximum absolute atomic E-state index is 13.1. The summed E-state index contributed by atoms with van der Waals surface area (Å²) < 4.78 is 18.8. The van der Waals surface area contributed by atoms with Crippen molar-refractivity contribution < 1.29 is 23.5 Å². The molecule has 1 N–H and O–H groups in total. The van der Waals surface area contributed by atoms with Gasteiger partial charge in [-0.2, -0.15) is 0 Å². The zero-order chi connectivity index (χ0) is 24.7. The van der Waals surface area contributed by atoms with Gasteiger partial charge < -0.3 is 19.9 Å². The van der Waals surface area contributed by atoms with Gasteiger partial charge in [-0.25, -0.2) is 4.39 Å². The van der Waals surface area contributed by atoms with Crippen molar-refractivity contribution in [2.45, 2.75) is 12.8 Å². The van der Waals surface area contributed by atoms with Gasteiger partial charge in [0.15, 0.2) is 12.4 Å². The number of nitrogens with one attached hydrogen (secondary N) is 1. The third-order valence-electron chi connectivity index (χ3n) is 5.73. The van der Waals surface area contributed by atoms with Crippen LogP contribution >= 0.6 is 11.6 Å². The number of piperidine rings is 1. The smallest absolute Gasteiger partial charge is 0.260 e. The molecule has 0 aromatic heterocycles. The zero-order valence-electron chi connectivity index (χ0n) is 19.4. The van der Waals surface area contributed by atoms with E-state index in [1.54, 1.807) is 17.0 Å². The normalized spacial score (nSPS) is 14.2. The van der Waals surface area contributed by atoms with Crippen molar-refractivity contribution in [3.8, 4) is 5.75 Å². The third kappa shape index (κ3) is 7.01. The molecule has 1 aliphatic heterocycles. The van der Waals surface area contributed by atoms with Crippen molar-refractivity contribution in [3.05, 3.63) is 64.4 Å². The number of Topliss-reactive ketones (excluding diaryl/α,β-unsaturated/α-hetero) is 1. The molecule has 7 nitrogen and oxygen atoms in total. The van der Waals surface area contributed by atoms with Crippen LogP contribution in [0.3, 0.4) is 0 Å². The molecule has 0 saturated carbocycles. The van der Waals surface area contributed by atoms with Crippen molar-refractivity contribution in [2.24, 2.45) is 5.92 Å². The first-order valence-corrected chi connectivity index (χ1v) is 11.5. The number of hydrogen-bond acceptors (Lipinski definition) is 5. The molecule has 1 saturated heterocycles. The van der Waals surface area contributed by atoms with Gasteiger partial charge in [-0.1, -0.05) is 11.6 Å². The molecule has 0 spiro atoms. The molecule has 0 atom stereocenters. The average Bonchev–Trinajstić information content (AvgIpc) is 2.83. The first-order valence-electron chi connectivity index (χ1n) is 11.2. The van der Waals surface area contributed by atoms with Gasteiger partial charge >= 0.3 is 0 Å². The molecule has 9 heteroatoms. The molecule has 1 heterocycles. The predicted octanol–water partition coefficient (Wildman–Crippen LogP) is 3.27. The van der Waals surface area contributed by atoms with Crippen molar-refractivity contribution >= 4 is 29.2 Å². The second kappa shape index (κ2) is 11.9. The number of nitrogens with zero attached hydrogens (tertiary/aromatic N) is 2. The van der Waals surface area contributed by atoms with Crippen LogP contribution in [0.5, 0.6) is 5.75 Å². The van der Waals surface area contributed by atoms with E-state index >= 15 is 0 Å². The van der Waals surface area contributed by atoms with Crippen molar-refractivity contribution in [2.75, 3.05) is 46.9 Å². The van der Waals surface area contributed by atoms with Crippen LogP contribution in [-0.2, 0) is 4.79 Å². The van der Waals surface area contributed by atoms with Gasteiger partial charge in [0.1, 0.15) is 11.6 Å². The molecule has 2 amide bonds. The van der Waals surface area contributed by atoms with Gasteiger partial charge in [0.25, 0.3) is 11.8 Å². The van der Waals surface area contributed by atoms with Gasteiger partial charge in [-0.3, -0.25) is 14.4 Å². The monoisotopic (exact) mass is 489 g/mol. The van der Waals surface area contributed by atoms with Gasteiger partial charge in [-0.15, -0.1) is 0 Å². The Morgan fingerprint density at radius 1 is 1.12 bits per heavy atom. The third-order valence-corrected chi connectivity index (χ3v) is 5.96. The number of rotatable bonds is 9. The van der Waals surface area contributed by atoms with Crippen LogP contribution in [0.1, 0.15) is 33.6 Å². The number of benzene rings is 2. The Balaban J connectivity index is 1.53. The topological polar surface area (TPSA) is 79.0 Å². The number of ketones is 1. The van der Waals surface area contributed by atoms with Crippen LogP contribution < -0.4 is 10.1 Å². The van der Waals surface area contributed by atoms with Crippen molar-refractivity contribution in [3.63, 3.8) is 0 Å². The first kappa shape index (κ1) is 25.6. The lowest BCUT2D eigenvalue weighted by atomic mass is 9.89. The molecule has 2 aromatic carbocycles. The molecule has 0 aliphatic carbocycles. The van der Waals surface area contributed by atoms with E-state index in [0.29, 0.717) is 49.6 Å². The average molecular weight is 490 g/mol. The molecule has 1 aliphatic rings. The Kier molecular flexibility index (Phi) is 9.01. The first-order chi connectivity index (χ1) is 16.2. The highest BCUT2D eigenvalue weighted by Crippen LogP contribution is 2.25. The van der Waals surface area contributed by atoms with Crippen molar-refractivity contribution in [1.82, 2.24) is 15.1 Å². The van der Waals surface area contributed by atoms with Gasteiger partial charge in [-0.05, 0) is 69.4 Å². The second-order valence-corrected chi connectivity index (χ2v) is 8.95. The van der Waals surface area contributed by atoms with Crippen LogP contribution in [0.25, 0.3) is 0 Å². The number of ether oxygens (including phenoxy) is 1. The number of halogens is 2. The summed E-state index contributed by atoms with van der Waals surface area (Å²) in [5, 5.41) is 3.21. The van der Waals surface area contributed by atoms with E-state index in [1.165, 1.54) is 30.3 Å². The summed E-state index contributed by atoms with van der Waals surface area (Å²) in [5.74, 6) is -0.888. The largest absolute Gasteiger partial charge is 0.483 e. The van der Waals surface area contributed by atoms with E-state index < -0.39 is 0 Å². The quantitative estimate of drug-likeness (QED) is 0.547.